The van der Waals surface area contributed by atoms with Gasteiger partial charge in [-0.25, -0.2) is 0 Å². The van der Waals surface area contributed by atoms with E-state index in [9.17, 15) is 28.2 Å². The van der Waals surface area contributed by atoms with Crippen LogP contribution in [0.2, 0.25) is 0 Å². The predicted octanol–water partition coefficient (Wildman–Crippen LogP) is 8.28. The number of quaternary nitrogens is 2. The van der Waals surface area contributed by atoms with Crippen LogP contribution in [0.3, 0.4) is 0 Å². The van der Waals surface area contributed by atoms with E-state index in [0.717, 1.165) is 6.92 Å². The lowest BCUT2D eigenvalue weighted by atomic mass is 9.97. The second kappa shape index (κ2) is 29.4. The number of benzene rings is 1. The molecule has 306 valence electrons. The summed E-state index contributed by atoms with van der Waals surface area (Å²) in [7, 11) is -4.74. The molecule has 0 aliphatic rings. The molecule has 52 heavy (non-hydrogen) atoms. The van der Waals surface area contributed by atoms with E-state index in [0.29, 0.717) is 6.07 Å². The fourth-order valence-corrected chi connectivity index (χ4v) is 7.72. The average Bonchev–Trinajstić information content (AvgIpc) is 3.10. The molecule has 1 rings (SSSR count). The SMILES string of the molecule is CCCC[N+](CCCC)(CCCC)CCCC.CCCC[N+](CCCC)(CCCC)CCCC.Cc1c(C(=O)[O-])cc(S(=O)(=O)O)c(C)c1C(=O)[O-]. The van der Waals surface area contributed by atoms with Crippen molar-refractivity contribution in [1.82, 2.24) is 0 Å². The minimum atomic E-state index is -4.74. The third-order valence-corrected chi connectivity index (χ3v) is 11.4. The van der Waals surface area contributed by atoms with Gasteiger partial charge in [0, 0.05) is 11.1 Å². The molecule has 0 spiro atoms. The first-order valence-electron chi connectivity index (χ1n) is 20.8. The molecule has 0 aliphatic heterocycles. The molecule has 1 aromatic rings. The standard InChI is InChI=1S/2C16H36N.C10H10O7S/c2*1-5-9-13-17(14-10-6-2,15-11-7-3)16-12-8-4;1-4-6(9(11)12)3-7(18(15,16)17)5(2)8(4)10(13)14/h2*5-16H2,1-4H3;3H,1-2H3,(H,11,12)(H,13,14)(H,15,16,17)/q2*+1;/p-2. The fourth-order valence-electron chi connectivity index (χ4n) is 6.96. The highest BCUT2D eigenvalue weighted by Gasteiger charge is 2.26. The van der Waals surface area contributed by atoms with Crippen LogP contribution in [0, 0.1) is 13.8 Å². The molecule has 0 aliphatic carbocycles. The lowest BCUT2D eigenvalue weighted by molar-refractivity contribution is -0.929. The summed E-state index contributed by atoms with van der Waals surface area (Å²) in [5, 5.41) is 21.7. The molecule has 0 radical (unpaired) electrons. The summed E-state index contributed by atoms with van der Waals surface area (Å²) >= 11 is 0. The Hall–Kier alpha value is -2.01. The number of nitrogens with zero attached hydrogens (tertiary/aromatic N) is 2. The van der Waals surface area contributed by atoms with Crippen molar-refractivity contribution in [2.24, 2.45) is 0 Å². The van der Waals surface area contributed by atoms with Crippen molar-refractivity contribution in [3.05, 3.63) is 28.3 Å². The molecule has 1 N–H and O–H groups in total. The van der Waals surface area contributed by atoms with Gasteiger partial charge in [0.15, 0.2) is 0 Å². The number of unbranched alkanes of at least 4 members (excludes halogenated alkanes) is 8. The Balaban J connectivity index is 0. The molecular formula is C42H80N2O7S. The van der Waals surface area contributed by atoms with E-state index in [4.69, 9.17) is 4.55 Å². The Bertz CT molecular complexity index is 1110. The minimum absolute atomic E-state index is 0.195. The lowest BCUT2D eigenvalue weighted by Gasteiger charge is -2.39. The van der Waals surface area contributed by atoms with Gasteiger partial charge in [0.05, 0.1) is 69.2 Å². The summed E-state index contributed by atoms with van der Waals surface area (Å²) in [6, 6.07) is 0.655. The van der Waals surface area contributed by atoms with Crippen molar-refractivity contribution in [2.45, 2.75) is 177 Å². The molecule has 0 heterocycles. The van der Waals surface area contributed by atoms with Crippen LogP contribution in [0.15, 0.2) is 11.0 Å². The van der Waals surface area contributed by atoms with Gasteiger partial charge < -0.3 is 28.8 Å². The zero-order valence-corrected chi connectivity index (χ0v) is 36.1. The molecule has 0 amide bonds. The number of rotatable bonds is 27. The van der Waals surface area contributed by atoms with E-state index in [-0.39, 0.29) is 11.1 Å². The highest BCUT2D eigenvalue weighted by molar-refractivity contribution is 7.85. The summed E-state index contributed by atoms with van der Waals surface area (Å²) in [5.41, 5.74) is -1.71. The zero-order chi connectivity index (χ0) is 40.2. The number of carboxylic acids is 2. The molecule has 9 nitrogen and oxygen atoms in total. The van der Waals surface area contributed by atoms with Crippen LogP contribution < -0.4 is 10.2 Å². The fraction of sp³-hybridized carbons (Fsp3) is 0.810. The normalized spacial score (nSPS) is 11.8. The van der Waals surface area contributed by atoms with Crippen LogP contribution in [0.1, 0.15) is 190 Å². The summed E-state index contributed by atoms with van der Waals surface area (Å²) in [5.74, 6) is -3.49. The number of carbonyl (C=O) groups is 2. The van der Waals surface area contributed by atoms with Gasteiger partial charge in [-0.3, -0.25) is 4.55 Å². The van der Waals surface area contributed by atoms with Crippen LogP contribution >= 0.6 is 0 Å². The second-order valence-electron chi connectivity index (χ2n) is 14.9. The van der Waals surface area contributed by atoms with Crippen molar-refractivity contribution < 1.29 is 41.7 Å². The summed E-state index contributed by atoms with van der Waals surface area (Å²) in [4.78, 5) is 20.9. The minimum Gasteiger partial charge on any atom is -0.545 e. The van der Waals surface area contributed by atoms with Gasteiger partial charge in [-0.15, -0.1) is 0 Å². The first-order valence-corrected chi connectivity index (χ1v) is 22.2. The number of hydrogen-bond acceptors (Lipinski definition) is 6. The number of carbonyl (C=O) groups excluding carboxylic acids is 2. The Kier molecular flexibility index (Phi) is 29.4. The van der Waals surface area contributed by atoms with Crippen molar-refractivity contribution >= 4 is 22.1 Å². The molecule has 1 aromatic carbocycles. The largest absolute Gasteiger partial charge is 0.545 e. The molecule has 10 heteroatoms. The smallest absolute Gasteiger partial charge is 0.294 e. The van der Waals surface area contributed by atoms with E-state index in [1.165, 1.54) is 171 Å². The molecule has 0 saturated carbocycles. The van der Waals surface area contributed by atoms with Crippen molar-refractivity contribution in [1.29, 1.82) is 0 Å². The monoisotopic (exact) mass is 757 g/mol. The topological polar surface area (TPSA) is 135 Å². The zero-order valence-electron chi connectivity index (χ0n) is 35.2. The van der Waals surface area contributed by atoms with Crippen molar-refractivity contribution in [2.75, 3.05) is 52.4 Å². The molecular weight excluding hydrogens is 677 g/mol. The maximum atomic E-state index is 11.0. The molecule has 0 saturated heterocycles. The molecule has 0 atom stereocenters. The van der Waals surface area contributed by atoms with Gasteiger partial charge in [-0.05, 0) is 82.4 Å². The Morgan fingerprint density at radius 1 is 0.519 bits per heavy atom. The van der Waals surface area contributed by atoms with Crippen LogP contribution in [0.5, 0.6) is 0 Å². The van der Waals surface area contributed by atoms with Crippen molar-refractivity contribution in [3.8, 4) is 0 Å². The van der Waals surface area contributed by atoms with E-state index >= 15 is 0 Å². The Labute approximate surface area is 320 Å². The Morgan fingerprint density at radius 2 is 0.769 bits per heavy atom. The quantitative estimate of drug-likeness (QED) is 0.0705. The van der Waals surface area contributed by atoms with Gasteiger partial charge in [0.2, 0.25) is 0 Å². The molecule has 0 unspecified atom stereocenters. The van der Waals surface area contributed by atoms with E-state index in [1.54, 1.807) is 0 Å². The van der Waals surface area contributed by atoms with Crippen LogP contribution in [-0.2, 0) is 10.1 Å². The summed E-state index contributed by atoms with van der Waals surface area (Å²) in [6.45, 7) is 32.3. The van der Waals surface area contributed by atoms with E-state index in [1.807, 2.05) is 0 Å². The van der Waals surface area contributed by atoms with Gasteiger partial charge in [-0.2, -0.15) is 8.42 Å². The summed E-state index contributed by atoms with van der Waals surface area (Å²) in [6.07, 6.45) is 22.1. The van der Waals surface area contributed by atoms with E-state index < -0.39 is 38.1 Å². The van der Waals surface area contributed by atoms with E-state index in [2.05, 4.69) is 55.4 Å². The van der Waals surface area contributed by atoms with Gasteiger partial charge in [0.25, 0.3) is 10.1 Å². The van der Waals surface area contributed by atoms with Crippen LogP contribution in [0.25, 0.3) is 0 Å². The first kappa shape index (κ1) is 52.1. The second-order valence-corrected chi connectivity index (χ2v) is 16.3. The van der Waals surface area contributed by atoms with Crippen LogP contribution in [-0.4, -0.2) is 86.2 Å². The average molecular weight is 757 g/mol. The molecule has 0 fully saturated rings. The Morgan fingerprint density at radius 3 is 0.942 bits per heavy atom. The van der Waals surface area contributed by atoms with Gasteiger partial charge >= 0.3 is 0 Å². The highest BCUT2D eigenvalue weighted by atomic mass is 32.2. The lowest BCUT2D eigenvalue weighted by Crippen LogP contribution is -2.50. The highest BCUT2D eigenvalue weighted by Crippen LogP contribution is 2.25. The third-order valence-electron chi connectivity index (χ3n) is 10.4. The number of aromatic carboxylic acids is 2. The van der Waals surface area contributed by atoms with Gasteiger partial charge in [0.1, 0.15) is 0 Å². The maximum absolute atomic E-state index is 11.0. The molecule has 0 bridgehead atoms. The number of carboxylic acid groups (broad SMARTS) is 2. The summed E-state index contributed by atoms with van der Waals surface area (Å²) < 4.78 is 33.8. The third kappa shape index (κ3) is 20.4. The van der Waals surface area contributed by atoms with Crippen LogP contribution in [0.4, 0.5) is 0 Å². The first-order chi connectivity index (χ1) is 24.6. The predicted molar refractivity (Wildman–Crippen MR) is 213 cm³/mol. The van der Waals surface area contributed by atoms with Crippen molar-refractivity contribution in [3.63, 3.8) is 0 Å². The number of hydrogen-bond donors (Lipinski definition) is 1. The maximum Gasteiger partial charge on any atom is 0.294 e. The molecule has 0 aromatic heterocycles. The van der Waals surface area contributed by atoms with Gasteiger partial charge in [-0.1, -0.05) is 107 Å².